The standard InChI is InChI=1S/C8H6ClN3O3/c1-15-7(13)4-12-8(14)5(2-10)6(9)3-11-12/h3H,4H2,1H3. The lowest BCUT2D eigenvalue weighted by Crippen LogP contribution is -2.29. The van der Waals surface area contributed by atoms with Crippen molar-refractivity contribution in [3.8, 4) is 6.07 Å². The molecular formula is C8H6ClN3O3. The van der Waals surface area contributed by atoms with Crippen molar-refractivity contribution in [1.29, 1.82) is 5.26 Å². The number of rotatable bonds is 2. The number of carbonyl (C=O) groups is 1. The van der Waals surface area contributed by atoms with Crippen molar-refractivity contribution < 1.29 is 9.53 Å². The molecule has 0 aliphatic carbocycles. The second-order valence-electron chi connectivity index (χ2n) is 2.52. The fourth-order valence-corrected chi connectivity index (χ4v) is 1.04. The van der Waals surface area contributed by atoms with Gasteiger partial charge in [-0.15, -0.1) is 0 Å². The highest BCUT2D eigenvalue weighted by molar-refractivity contribution is 6.31. The number of hydrogen-bond acceptors (Lipinski definition) is 5. The van der Waals surface area contributed by atoms with Crippen LogP contribution in [-0.2, 0) is 16.1 Å². The predicted octanol–water partition coefficient (Wildman–Crippen LogP) is -0.0586. The lowest BCUT2D eigenvalue weighted by molar-refractivity contribution is -0.141. The summed E-state index contributed by atoms with van der Waals surface area (Å²) in [4.78, 5) is 22.3. The van der Waals surface area contributed by atoms with Crippen LogP contribution in [0.15, 0.2) is 11.0 Å². The van der Waals surface area contributed by atoms with E-state index in [1.165, 1.54) is 7.11 Å². The van der Waals surface area contributed by atoms with Gasteiger partial charge in [-0.1, -0.05) is 11.6 Å². The van der Waals surface area contributed by atoms with Crippen LogP contribution >= 0.6 is 11.6 Å². The highest BCUT2D eigenvalue weighted by atomic mass is 35.5. The minimum Gasteiger partial charge on any atom is -0.468 e. The number of nitrogens with zero attached hydrogens (tertiary/aromatic N) is 3. The van der Waals surface area contributed by atoms with Gasteiger partial charge in [0.25, 0.3) is 5.56 Å². The van der Waals surface area contributed by atoms with E-state index in [-0.39, 0.29) is 17.1 Å². The molecule has 15 heavy (non-hydrogen) atoms. The molecule has 0 bridgehead atoms. The van der Waals surface area contributed by atoms with E-state index in [0.717, 1.165) is 10.9 Å². The molecule has 0 fully saturated rings. The van der Waals surface area contributed by atoms with Crippen LogP contribution in [0.4, 0.5) is 0 Å². The molecule has 1 heterocycles. The number of halogens is 1. The Morgan fingerprint density at radius 2 is 2.47 bits per heavy atom. The summed E-state index contributed by atoms with van der Waals surface area (Å²) < 4.78 is 5.17. The number of hydrogen-bond donors (Lipinski definition) is 0. The highest BCUT2D eigenvalue weighted by Crippen LogP contribution is 2.07. The zero-order chi connectivity index (χ0) is 11.4. The van der Waals surface area contributed by atoms with E-state index in [2.05, 4.69) is 9.84 Å². The molecule has 6 nitrogen and oxygen atoms in total. The Kier molecular flexibility index (Phi) is 3.42. The summed E-state index contributed by atoms with van der Waals surface area (Å²) >= 11 is 5.56. The summed E-state index contributed by atoms with van der Waals surface area (Å²) in [6.07, 6.45) is 1.13. The largest absolute Gasteiger partial charge is 0.468 e. The molecule has 0 N–H and O–H groups in total. The van der Waals surface area contributed by atoms with Gasteiger partial charge in [0.2, 0.25) is 0 Å². The number of methoxy groups -OCH3 is 1. The first kappa shape index (κ1) is 11.2. The van der Waals surface area contributed by atoms with Gasteiger partial charge >= 0.3 is 5.97 Å². The van der Waals surface area contributed by atoms with Crippen molar-refractivity contribution in [3.63, 3.8) is 0 Å². The Bertz CT molecular complexity index is 489. The van der Waals surface area contributed by atoms with Gasteiger partial charge in [0, 0.05) is 0 Å². The minimum absolute atomic E-state index is 0.0383. The smallest absolute Gasteiger partial charge is 0.327 e. The number of ether oxygens (including phenoxy) is 1. The topological polar surface area (TPSA) is 85.0 Å². The van der Waals surface area contributed by atoms with E-state index in [1.807, 2.05) is 0 Å². The molecule has 1 aromatic heterocycles. The first-order valence-electron chi connectivity index (χ1n) is 3.82. The Hall–Kier alpha value is -1.87. The average molecular weight is 228 g/mol. The molecule has 7 heteroatoms. The summed E-state index contributed by atoms with van der Waals surface area (Å²) in [5.74, 6) is -0.629. The maximum absolute atomic E-state index is 11.5. The number of nitriles is 1. The molecule has 0 aliphatic heterocycles. The first-order valence-corrected chi connectivity index (χ1v) is 4.20. The summed E-state index contributed by atoms with van der Waals surface area (Å²) in [7, 11) is 1.19. The molecule has 0 saturated heterocycles. The third-order valence-corrected chi connectivity index (χ3v) is 1.90. The van der Waals surface area contributed by atoms with Crippen molar-refractivity contribution in [1.82, 2.24) is 9.78 Å². The highest BCUT2D eigenvalue weighted by Gasteiger charge is 2.11. The van der Waals surface area contributed by atoms with Gasteiger partial charge in [0.15, 0.2) is 0 Å². The van der Waals surface area contributed by atoms with Crippen molar-refractivity contribution in [2.45, 2.75) is 6.54 Å². The third-order valence-electron chi connectivity index (χ3n) is 1.62. The molecule has 0 unspecified atom stereocenters. The molecule has 0 saturated carbocycles. The normalized spacial score (nSPS) is 9.40. The average Bonchev–Trinajstić information content (AvgIpc) is 2.23. The van der Waals surface area contributed by atoms with Crippen LogP contribution in [-0.4, -0.2) is 22.9 Å². The molecule has 0 spiro atoms. The van der Waals surface area contributed by atoms with Crippen LogP contribution < -0.4 is 5.56 Å². The number of aromatic nitrogens is 2. The van der Waals surface area contributed by atoms with Crippen LogP contribution in [0.2, 0.25) is 5.02 Å². The van der Waals surface area contributed by atoms with Crippen molar-refractivity contribution in [2.75, 3.05) is 7.11 Å². The van der Waals surface area contributed by atoms with Crippen molar-refractivity contribution in [3.05, 3.63) is 27.1 Å². The second kappa shape index (κ2) is 4.57. The van der Waals surface area contributed by atoms with Crippen LogP contribution in [0, 0.1) is 11.3 Å². The van der Waals surface area contributed by atoms with E-state index in [4.69, 9.17) is 16.9 Å². The SMILES string of the molecule is COC(=O)Cn1ncc(Cl)c(C#N)c1=O. The van der Waals surface area contributed by atoms with E-state index >= 15 is 0 Å². The zero-order valence-electron chi connectivity index (χ0n) is 7.73. The summed E-state index contributed by atoms with van der Waals surface area (Å²) in [5.41, 5.74) is -0.953. The van der Waals surface area contributed by atoms with Crippen LogP contribution in [0.1, 0.15) is 5.56 Å². The maximum Gasteiger partial charge on any atom is 0.327 e. The zero-order valence-corrected chi connectivity index (χ0v) is 8.48. The van der Waals surface area contributed by atoms with E-state index in [0.29, 0.717) is 0 Å². The van der Waals surface area contributed by atoms with Crippen molar-refractivity contribution in [2.24, 2.45) is 0 Å². The monoisotopic (exact) mass is 227 g/mol. The molecule has 0 aliphatic rings. The molecule has 0 radical (unpaired) electrons. The van der Waals surface area contributed by atoms with Crippen LogP contribution in [0.5, 0.6) is 0 Å². The van der Waals surface area contributed by atoms with Gasteiger partial charge in [-0.25, -0.2) is 4.68 Å². The number of carbonyl (C=O) groups excluding carboxylic acids is 1. The Balaban J connectivity index is 3.18. The predicted molar refractivity (Wildman–Crippen MR) is 50.2 cm³/mol. The molecular weight excluding hydrogens is 222 g/mol. The van der Waals surface area contributed by atoms with Crippen LogP contribution in [0.3, 0.4) is 0 Å². The molecule has 0 atom stereocenters. The third kappa shape index (κ3) is 2.33. The van der Waals surface area contributed by atoms with Crippen LogP contribution in [0.25, 0.3) is 0 Å². The Morgan fingerprint density at radius 3 is 3.00 bits per heavy atom. The van der Waals surface area contributed by atoms with Gasteiger partial charge in [0.1, 0.15) is 18.2 Å². The molecule has 1 rings (SSSR count). The molecule has 0 aromatic carbocycles. The summed E-state index contributed by atoms with van der Waals surface area (Å²) in [5, 5.41) is 12.2. The Labute approximate surface area is 89.6 Å². The summed E-state index contributed by atoms with van der Waals surface area (Å²) in [6, 6.07) is 1.64. The van der Waals surface area contributed by atoms with Gasteiger partial charge in [-0.3, -0.25) is 9.59 Å². The molecule has 78 valence electrons. The maximum atomic E-state index is 11.5. The van der Waals surface area contributed by atoms with Gasteiger partial charge in [-0.2, -0.15) is 10.4 Å². The number of esters is 1. The quantitative estimate of drug-likeness (QED) is 0.661. The van der Waals surface area contributed by atoms with E-state index in [9.17, 15) is 9.59 Å². The second-order valence-corrected chi connectivity index (χ2v) is 2.93. The lowest BCUT2D eigenvalue weighted by atomic mass is 10.3. The lowest BCUT2D eigenvalue weighted by Gasteiger charge is -2.03. The van der Waals surface area contributed by atoms with E-state index < -0.39 is 11.5 Å². The van der Waals surface area contributed by atoms with Gasteiger partial charge in [-0.05, 0) is 0 Å². The van der Waals surface area contributed by atoms with Gasteiger partial charge in [0.05, 0.1) is 18.3 Å². The summed E-state index contributed by atoms with van der Waals surface area (Å²) in [6.45, 7) is -0.346. The minimum atomic E-state index is -0.713. The van der Waals surface area contributed by atoms with Gasteiger partial charge < -0.3 is 4.74 Å². The fraction of sp³-hybridized carbons (Fsp3) is 0.250. The fourth-order valence-electron chi connectivity index (χ4n) is 0.869. The molecule has 1 aromatic rings. The Morgan fingerprint density at radius 1 is 1.80 bits per heavy atom. The molecule has 0 amide bonds. The van der Waals surface area contributed by atoms with Crippen molar-refractivity contribution >= 4 is 17.6 Å². The van der Waals surface area contributed by atoms with E-state index in [1.54, 1.807) is 6.07 Å². The first-order chi connectivity index (χ1) is 7.10.